The van der Waals surface area contributed by atoms with Gasteiger partial charge in [-0.1, -0.05) is 0 Å². The molecule has 0 saturated heterocycles. The maximum absolute atomic E-state index is 10.8. The van der Waals surface area contributed by atoms with Gasteiger partial charge in [0.2, 0.25) is 11.5 Å². The molecule has 0 aliphatic carbocycles. The Bertz CT molecular complexity index is 621. The van der Waals surface area contributed by atoms with Crippen molar-refractivity contribution in [1.82, 2.24) is 4.98 Å². The van der Waals surface area contributed by atoms with Crippen LogP contribution >= 0.6 is 0 Å². The van der Waals surface area contributed by atoms with Crippen molar-refractivity contribution in [1.29, 1.82) is 0 Å². The van der Waals surface area contributed by atoms with Gasteiger partial charge in [0.1, 0.15) is 12.8 Å². The Morgan fingerprint density at radius 3 is 3.00 bits per heavy atom. The third-order valence-electron chi connectivity index (χ3n) is 2.25. The number of carboxylic acid groups (broad SMARTS) is 1. The molecule has 98 valence electrons. The van der Waals surface area contributed by atoms with E-state index >= 15 is 0 Å². The second-order valence-corrected chi connectivity index (χ2v) is 3.45. The number of ether oxygens (including phenoxy) is 1. The van der Waals surface area contributed by atoms with Crippen molar-refractivity contribution in [2.75, 3.05) is 0 Å². The number of hydrogen-bond donors (Lipinski definition) is 1. The predicted molar refractivity (Wildman–Crippen MR) is 60.9 cm³/mol. The van der Waals surface area contributed by atoms with E-state index in [9.17, 15) is 14.9 Å². The van der Waals surface area contributed by atoms with E-state index in [-0.39, 0.29) is 23.7 Å². The number of carbonyl (C=O) groups is 1. The highest BCUT2D eigenvalue weighted by molar-refractivity contribution is 5.86. The Morgan fingerprint density at radius 1 is 1.53 bits per heavy atom. The topological polar surface area (TPSA) is 116 Å². The SMILES string of the molecule is O=C(O)c1occc1COc1cccnc1[N+](=O)[O-]. The number of aromatic nitrogens is 1. The second kappa shape index (κ2) is 5.17. The van der Waals surface area contributed by atoms with Crippen LogP contribution in [0, 0.1) is 10.1 Å². The maximum atomic E-state index is 10.8. The summed E-state index contributed by atoms with van der Waals surface area (Å²) in [4.78, 5) is 24.4. The first kappa shape index (κ1) is 12.6. The standard InChI is InChI=1S/C11H8N2O6/c14-11(15)9-7(3-5-18-9)6-19-8-2-1-4-12-10(8)13(16)17/h1-5H,6H2,(H,14,15). The van der Waals surface area contributed by atoms with Crippen molar-refractivity contribution >= 4 is 11.8 Å². The summed E-state index contributed by atoms with van der Waals surface area (Å²) in [5.41, 5.74) is 0.283. The van der Waals surface area contributed by atoms with Crippen LogP contribution in [-0.4, -0.2) is 21.0 Å². The monoisotopic (exact) mass is 264 g/mol. The summed E-state index contributed by atoms with van der Waals surface area (Å²) < 4.78 is 9.97. The Labute approximate surface area is 106 Å². The number of rotatable bonds is 5. The highest BCUT2D eigenvalue weighted by Gasteiger charge is 2.18. The van der Waals surface area contributed by atoms with E-state index in [1.54, 1.807) is 0 Å². The summed E-state index contributed by atoms with van der Waals surface area (Å²) in [6.45, 7) is -0.162. The molecule has 0 fully saturated rings. The fourth-order valence-electron chi connectivity index (χ4n) is 1.42. The summed E-state index contributed by atoms with van der Waals surface area (Å²) in [5.74, 6) is -1.95. The van der Waals surface area contributed by atoms with Crippen molar-refractivity contribution in [3.63, 3.8) is 0 Å². The number of nitro groups is 1. The second-order valence-electron chi connectivity index (χ2n) is 3.45. The van der Waals surface area contributed by atoms with Gasteiger partial charge in [0.05, 0.1) is 6.26 Å². The lowest BCUT2D eigenvalue weighted by molar-refractivity contribution is -0.390. The summed E-state index contributed by atoms with van der Waals surface area (Å²) >= 11 is 0. The molecule has 0 saturated carbocycles. The van der Waals surface area contributed by atoms with E-state index in [0.29, 0.717) is 0 Å². The van der Waals surface area contributed by atoms with Gasteiger partial charge < -0.3 is 24.4 Å². The lowest BCUT2D eigenvalue weighted by atomic mass is 10.2. The van der Waals surface area contributed by atoms with Gasteiger partial charge in [-0.2, -0.15) is 0 Å². The minimum atomic E-state index is -1.23. The molecule has 2 rings (SSSR count). The molecule has 2 aromatic heterocycles. The van der Waals surface area contributed by atoms with Crippen LogP contribution in [0.25, 0.3) is 0 Å². The number of hydrogen-bond acceptors (Lipinski definition) is 6. The van der Waals surface area contributed by atoms with Gasteiger partial charge in [-0.25, -0.2) is 4.79 Å². The fourth-order valence-corrected chi connectivity index (χ4v) is 1.42. The summed E-state index contributed by atoms with van der Waals surface area (Å²) in [5, 5.41) is 19.5. The molecule has 0 spiro atoms. The summed E-state index contributed by atoms with van der Waals surface area (Å²) in [6.07, 6.45) is 2.48. The van der Waals surface area contributed by atoms with Gasteiger partial charge in [-0.15, -0.1) is 0 Å². The smallest absolute Gasteiger partial charge is 0.406 e. The largest absolute Gasteiger partial charge is 0.481 e. The Hall–Kier alpha value is -2.90. The molecule has 1 N–H and O–H groups in total. The first-order valence-electron chi connectivity index (χ1n) is 5.11. The third-order valence-corrected chi connectivity index (χ3v) is 2.25. The maximum Gasteiger partial charge on any atom is 0.406 e. The van der Waals surface area contributed by atoms with Gasteiger partial charge >= 0.3 is 11.8 Å². The third kappa shape index (κ3) is 2.68. The zero-order valence-corrected chi connectivity index (χ0v) is 9.48. The van der Waals surface area contributed by atoms with Crippen molar-refractivity contribution in [3.05, 3.63) is 52.1 Å². The number of nitrogens with zero attached hydrogens (tertiary/aromatic N) is 2. The van der Waals surface area contributed by atoms with Gasteiger partial charge in [0, 0.05) is 5.56 Å². The molecule has 0 aromatic carbocycles. The van der Waals surface area contributed by atoms with Crippen molar-refractivity contribution in [3.8, 4) is 5.75 Å². The van der Waals surface area contributed by atoms with E-state index in [0.717, 1.165) is 0 Å². The molecule has 0 unspecified atom stereocenters. The molecule has 8 heteroatoms. The molecule has 0 radical (unpaired) electrons. The quantitative estimate of drug-likeness (QED) is 0.647. The molecule has 19 heavy (non-hydrogen) atoms. The van der Waals surface area contributed by atoms with Crippen LogP contribution in [0.5, 0.6) is 5.75 Å². The average Bonchev–Trinajstić information content (AvgIpc) is 2.85. The molecule has 2 aromatic rings. The number of pyridine rings is 1. The van der Waals surface area contributed by atoms with Gasteiger partial charge in [-0.05, 0) is 28.1 Å². The van der Waals surface area contributed by atoms with Crippen molar-refractivity contribution < 1.29 is 24.0 Å². The first-order valence-corrected chi connectivity index (χ1v) is 5.11. The Balaban J connectivity index is 2.17. The van der Waals surface area contributed by atoms with Crippen LogP contribution in [0.3, 0.4) is 0 Å². The summed E-state index contributed by atoms with van der Waals surface area (Å²) in [6, 6.07) is 4.28. The van der Waals surface area contributed by atoms with Crippen molar-refractivity contribution in [2.24, 2.45) is 0 Å². The highest BCUT2D eigenvalue weighted by atomic mass is 16.6. The molecular weight excluding hydrogens is 256 g/mol. The molecule has 8 nitrogen and oxygen atoms in total. The van der Waals surface area contributed by atoms with Gasteiger partial charge in [0.15, 0.2) is 0 Å². The molecular formula is C11H8N2O6. The van der Waals surface area contributed by atoms with E-state index < -0.39 is 16.7 Å². The minimum absolute atomic E-state index is 0.0370. The first-order chi connectivity index (χ1) is 9.09. The lowest BCUT2D eigenvalue weighted by Crippen LogP contribution is -2.04. The van der Waals surface area contributed by atoms with Crippen LogP contribution < -0.4 is 4.74 Å². The fraction of sp³-hybridized carbons (Fsp3) is 0.0909. The normalized spacial score (nSPS) is 10.1. The van der Waals surface area contributed by atoms with Gasteiger partial charge in [0.25, 0.3) is 0 Å². The van der Waals surface area contributed by atoms with E-state index in [1.807, 2.05) is 0 Å². The number of furan rings is 1. The van der Waals surface area contributed by atoms with E-state index in [1.165, 1.54) is 30.7 Å². The molecule has 0 amide bonds. The number of aromatic carboxylic acids is 1. The van der Waals surface area contributed by atoms with Crippen LogP contribution in [0.15, 0.2) is 35.1 Å². The van der Waals surface area contributed by atoms with Gasteiger partial charge in [-0.3, -0.25) is 0 Å². The average molecular weight is 264 g/mol. The van der Waals surface area contributed by atoms with Crippen LogP contribution in [-0.2, 0) is 6.61 Å². The predicted octanol–water partition coefficient (Wildman–Crippen LogP) is 1.86. The van der Waals surface area contributed by atoms with Crippen LogP contribution in [0.2, 0.25) is 0 Å². The highest BCUT2D eigenvalue weighted by Crippen LogP contribution is 2.24. The summed E-state index contributed by atoms with van der Waals surface area (Å²) in [7, 11) is 0. The zero-order valence-electron chi connectivity index (χ0n) is 9.48. The Kier molecular flexibility index (Phi) is 3.42. The van der Waals surface area contributed by atoms with E-state index in [4.69, 9.17) is 14.3 Å². The minimum Gasteiger partial charge on any atom is -0.481 e. The number of carboxylic acids is 1. The van der Waals surface area contributed by atoms with Crippen LogP contribution in [0.4, 0.5) is 5.82 Å². The van der Waals surface area contributed by atoms with Crippen molar-refractivity contribution in [2.45, 2.75) is 6.61 Å². The zero-order chi connectivity index (χ0) is 13.8. The molecule has 2 heterocycles. The Morgan fingerprint density at radius 2 is 2.32 bits per heavy atom. The molecule has 0 aliphatic heterocycles. The lowest BCUT2D eigenvalue weighted by Gasteiger charge is -2.04. The molecule has 0 atom stereocenters. The van der Waals surface area contributed by atoms with Crippen LogP contribution in [0.1, 0.15) is 16.1 Å². The molecule has 0 bridgehead atoms. The molecule has 0 aliphatic rings. The van der Waals surface area contributed by atoms with E-state index in [2.05, 4.69) is 4.98 Å².